The summed E-state index contributed by atoms with van der Waals surface area (Å²) < 4.78 is 1.96. The van der Waals surface area contributed by atoms with Crippen molar-refractivity contribution in [2.24, 2.45) is 0 Å². The van der Waals surface area contributed by atoms with Gasteiger partial charge in [0.25, 0.3) is 5.91 Å². The van der Waals surface area contributed by atoms with Crippen molar-refractivity contribution < 1.29 is 9.59 Å². The van der Waals surface area contributed by atoms with Crippen LogP contribution >= 0.6 is 0 Å². The van der Waals surface area contributed by atoms with Crippen LogP contribution in [0.5, 0.6) is 0 Å². The van der Waals surface area contributed by atoms with Crippen molar-refractivity contribution in [2.75, 3.05) is 11.9 Å². The maximum atomic E-state index is 12.2. The van der Waals surface area contributed by atoms with Gasteiger partial charge in [-0.1, -0.05) is 29.8 Å². The number of aryl methyl sites for hydroxylation is 2. The maximum absolute atomic E-state index is 12.2. The third-order valence-corrected chi connectivity index (χ3v) is 4.14. The lowest BCUT2D eigenvalue weighted by atomic mass is 10.1. The average molecular weight is 350 g/mol. The summed E-state index contributed by atoms with van der Waals surface area (Å²) in [5.74, 6) is 0.172. The molecule has 0 aliphatic carbocycles. The van der Waals surface area contributed by atoms with E-state index in [0.29, 0.717) is 18.1 Å². The molecule has 2 amide bonds. The Morgan fingerprint density at radius 1 is 1.12 bits per heavy atom. The molecule has 6 heteroatoms. The Bertz CT molecular complexity index is 946. The zero-order valence-electron chi connectivity index (χ0n) is 15.0. The van der Waals surface area contributed by atoms with Crippen LogP contribution in [-0.4, -0.2) is 27.9 Å². The zero-order chi connectivity index (χ0) is 18.5. The van der Waals surface area contributed by atoms with Gasteiger partial charge in [-0.3, -0.25) is 14.9 Å². The second-order valence-corrected chi connectivity index (χ2v) is 6.09. The molecule has 0 atom stereocenters. The molecule has 0 saturated heterocycles. The first-order valence-corrected chi connectivity index (χ1v) is 8.68. The highest BCUT2D eigenvalue weighted by molar-refractivity contribution is 5.95. The second kappa shape index (κ2) is 7.82. The molecule has 3 aromatic rings. The molecule has 6 nitrogen and oxygen atoms in total. The first-order valence-electron chi connectivity index (χ1n) is 8.68. The highest BCUT2D eigenvalue weighted by Gasteiger charge is 2.12. The number of fused-ring (bicyclic) bond motifs is 1. The highest BCUT2D eigenvalue weighted by Crippen LogP contribution is 2.19. The molecule has 0 fully saturated rings. The standard InChI is InChI=1S/C20H22N4O2/c1-3-24-17-10-5-4-9-16(17)22-20(24)23-18(25)11-12-21-19(26)15-8-6-7-14(2)13-15/h4-10,13H,3,11-12H2,1-2H3,(H,21,26)(H,22,23,25). The summed E-state index contributed by atoms with van der Waals surface area (Å²) >= 11 is 0. The Labute approximate surface area is 152 Å². The van der Waals surface area contributed by atoms with Crippen molar-refractivity contribution in [2.45, 2.75) is 26.8 Å². The molecule has 134 valence electrons. The Kier molecular flexibility index (Phi) is 5.31. The van der Waals surface area contributed by atoms with Crippen LogP contribution in [0.15, 0.2) is 48.5 Å². The van der Waals surface area contributed by atoms with Crippen LogP contribution in [0.2, 0.25) is 0 Å². The minimum Gasteiger partial charge on any atom is -0.352 e. The number of para-hydroxylation sites is 2. The molecule has 0 spiro atoms. The molecule has 2 aromatic carbocycles. The van der Waals surface area contributed by atoms with Crippen molar-refractivity contribution >= 4 is 28.8 Å². The Morgan fingerprint density at radius 3 is 2.69 bits per heavy atom. The molecule has 0 bridgehead atoms. The minimum absolute atomic E-state index is 0.178. The van der Waals surface area contributed by atoms with Gasteiger partial charge >= 0.3 is 0 Å². The molecule has 1 aromatic heterocycles. The van der Waals surface area contributed by atoms with Crippen LogP contribution in [0, 0.1) is 6.92 Å². The summed E-state index contributed by atoms with van der Waals surface area (Å²) in [7, 11) is 0. The van der Waals surface area contributed by atoms with E-state index < -0.39 is 0 Å². The van der Waals surface area contributed by atoms with Gasteiger partial charge in [0.05, 0.1) is 11.0 Å². The fourth-order valence-electron chi connectivity index (χ4n) is 2.86. The lowest BCUT2D eigenvalue weighted by Crippen LogP contribution is -2.28. The molecular formula is C20H22N4O2. The number of rotatable bonds is 6. The van der Waals surface area contributed by atoms with Crippen LogP contribution in [0.25, 0.3) is 11.0 Å². The van der Waals surface area contributed by atoms with Gasteiger partial charge < -0.3 is 9.88 Å². The van der Waals surface area contributed by atoms with Crippen molar-refractivity contribution in [3.05, 3.63) is 59.7 Å². The summed E-state index contributed by atoms with van der Waals surface area (Å²) in [6.07, 6.45) is 0.185. The van der Waals surface area contributed by atoms with E-state index in [-0.39, 0.29) is 24.8 Å². The number of carbonyl (C=O) groups excluding carboxylic acids is 2. The summed E-state index contributed by atoms with van der Waals surface area (Å²) in [6, 6.07) is 15.1. The first-order chi connectivity index (χ1) is 12.6. The number of benzene rings is 2. The summed E-state index contributed by atoms with van der Waals surface area (Å²) in [5, 5.41) is 5.61. The minimum atomic E-state index is -0.181. The molecule has 0 aliphatic rings. The molecule has 0 saturated carbocycles. The van der Waals surface area contributed by atoms with Crippen LogP contribution in [0.1, 0.15) is 29.3 Å². The van der Waals surface area contributed by atoms with E-state index in [4.69, 9.17) is 0 Å². The number of anilines is 1. The Hall–Kier alpha value is -3.15. The Morgan fingerprint density at radius 2 is 1.92 bits per heavy atom. The predicted molar refractivity (Wildman–Crippen MR) is 102 cm³/mol. The third-order valence-electron chi connectivity index (χ3n) is 4.14. The van der Waals surface area contributed by atoms with E-state index in [1.807, 2.05) is 60.9 Å². The van der Waals surface area contributed by atoms with Crippen molar-refractivity contribution in [3.8, 4) is 0 Å². The van der Waals surface area contributed by atoms with Gasteiger partial charge in [-0.15, -0.1) is 0 Å². The fourth-order valence-corrected chi connectivity index (χ4v) is 2.86. The number of nitrogens with one attached hydrogen (secondary N) is 2. The van der Waals surface area contributed by atoms with Gasteiger partial charge in [0.2, 0.25) is 11.9 Å². The third kappa shape index (κ3) is 3.91. The first kappa shape index (κ1) is 17.7. The van der Waals surface area contributed by atoms with E-state index >= 15 is 0 Å². The van der Waals surface area contributed by atoms with E-state index in [2.05, 4.69) is 15.6 Å². The Balaban J connectivity index is 1.57. The number of aromatic nitrogens is 2. The molecule has 0 aliphatic heterocycles. The normalized spacial score (nSPS) is 10.7. The molecular weight excluding hydrogens is 328 g/mol. The van der Waals surface area contributed by atoms with Crippen LogP contribution < -0.4 is 10.6 Å². The molecule has 0 unspecified atom stereocenters. The SMILES string of the molecule is CCn1c(NC(=O)CCNC(=O)c2cccc(C)c2)nc2ccccc21. The van der Waals surface area contributed by atoms with Crippen molar-refractivity contribution in [1.29, 1.82) is 0 Å². The lowest BCUT2D eigenvalue weighted by molar-refractivity contribution is -0.116. The smallest absolute Gasteiger partial charge is 0.251 e. The van der Waals surface area contributed by atoms with Gasteiger partial charge in [-0.05, 0) is 38.1 Å². The largest absolute Gasteiger partial charge is 0.352 e. The number of amides is 2. The molecule has 2 N–H and O–H groups in total. The number of hydrogen-bond donors (Lipinski definition) is 2. The second-order valence-electron chi connectivity index (χ2n) is 6.09. The van der Waals surface area contributed by atoms with E-state index in [1.165, 1.54) is 0 Å². The van der Waals surface area contributed by atoms with E-state index in [9.17, 15) is 9.59 Å². The number of imidazole rings is 1. The van der Waals surface area contributed by atoms with Crippen molar-refractivity contribution in [1.82, 2.24) is 14.9 Å². The van der Waals surface area contributed by atoms with Gasteiger partial charge in [0.1, 0.15) is 0 Å². The molecule has 0 radical (unpaired) electrons. The van der Waals surface area contributed by atoms with Crippen LogP contribution in [0.4, 0.5) is 5.95 Å². The maximum Gasteiger partial charge on any atom is 0.251 e. The molecule has 3 rings (SSSR count). The fraction of sp³-hybridized carbons (Fsp3) is 0.250. The molecule has 26 heavy (non-hydrogen) atoms. The van der Waals surface area contributed by atoms with Gasteiger partial charge in [0.15, 0.2) is 0 Å². The van der Waals surface area contributed by atoms with Crippen LogP contribution in [0.3, 0.4) is 0 Å². The van der Waals surface area contributed by atoms with Gasteiger partial charge in [0, 0.05) is 25.1 Å². The number of nitrogens with zero attached hydrogens (tertiary/aromatic N) is 2. The number of hydrogen-bond acceptors (Lipinski definition) is 3. The molecule has 1 heterocycles. The highest BCUT2D eigenvalue weighted by atomic mass is 16.2. The van der Waals surface area contributed by atoms with Gasteiger partial charge in [-0.2, -0.15) is 0 Å². The van der Waals surface area contributed by atoms with E-state index in [1.54, 1.807) is 6.07 Å². The quantitative estimate of drug-likeness (QED) is 0.717. The predicted octanol–water partition coefficient (Wildman–Crippen LogP) is 3.12. The lowest BCUT2D eigenvalue weighted by Gasteiger charge is -2.08. The summed E-state index contributed by atoms with van der Waals surface area (Å²) in [4.78, 5) is 28.8. The monoisotopic (exact) mass is 350 g/mol. The van der Waals surface area contributed by atoms with Crippen molar-refractivity contribution in [3.63, 3.8) is 0 Å². The average Bonchev–Trinajstić information content (AvgIpc) is 2.98. The van der Waals surface area contributed by atoms with Crippen LogP contribution in [-0.2, 0) is 11.3 Å². The topological polar surface area (TPSA) is 76.0 Å². The summed E-state index contributed by atoms with van der Waals surface area (Å²) in [5.41, 5.74) is 3.45. The summed E-state index contributed by atoms with van der Waals surface area (Å²) in [6.45, 7) is 4.92. The van der Waals surface area contributed by atoms with Gasteiger partial charge in [-0.25, -0.2) is 4.98 Å². The number of carbonyl (C=O) groups is 2. The van der Waals surface area contributed by atoms with E-state index in [0.717, 1.165) is 16.6 Å². The zero-order valence-corrected chi connectivity index (χ0v) is 15.0.